The van der Waals surface area contributed by atoms with E-state index in [0.717, 1.165) is 17.7 Å². The molecule has 0 atom stereocenters. The van der Waals surface area contributed by atoms with Crippen LogP contribution in [0.2, 0.25) is 0 Å². The molecule has 0 spiro atoms. The monoisotopic (exact) mass is 593 g/mol. The molecular formula is C30H34F3N9O. The number of ketones is 1. The van der Waals surface area contributed by atoms with Crippen LogP contribution in [0.15, 0.2) is 61.3 Å². The van der Waals surface area contributed by atoms with Crippen LogP contribution in [0, 0.1) is 6.92 Å². The van der Waals surface area contributed by atoms with Crippen LogP contribution in [0.25, 0.3) is 11.3 Å². The minimum Gasteiger partial charge on any atom is -0.376 e. The molecule has 0 aliphatic carbocycles. The van der Waals surface area contributed by atoms with Crippen LogP contribution in [-0.4, -0.2) is 78.4 Å². The smallest absolute Gasteiger partial charge is 0.376 e. The zero-order valence-corrected chi connectivity index (χ0v) is 24.6. The van der Waals surface area contributed by atoms with Gasteiger partial charge in [0.2, 0.25) is 0 Å². The first-order valence-electron chi connectivity index (χ1n) is 13.5. The minimum absolute atomic E-state index is 0.204. The number of carbonyl (C=O) groups is 1. The Morgan fingerprint density at radius 1 is 0.930 bits per heavy atom. The molecule has 0 aliphatic rings. The highest BCUT2D eigenvalue weighted by Gasteiger charge is 2.31. The van der Waals surface area contributed by atoms with Crippen molar-refractivity contribution in [2.24, 2.45) is 0 Å². The highest BCUT2D eigenvalue weighted by Crippen LogP contribution is 2.35. The number of nitrogens with zero attached hydrogens (tertiary/aromatic N) is 6. The maximum absolute atomic E-state index is 13.5. The Morgan fingerprint density at radius 3 is 2.44 bits per heavy atom. The van der Waals surface area contributed by atoms with Crippen LogP contribution in [-0.2, 0) is 6.18 Å². The highest BCUT2D eigenvalue weighted by atomic mass is 19.4. The van der Waals surface area contributed by atoms with E-state index < -0.39 is 11.7 Å². The van der Waals surface area contributed by atoms with Gasteiger partial charge in [-0.1, -0.05) is 12.1 Å². The first-order chi connectivity index (χ1) is 20.5. The van der Waals surface area contributed by atoms with Gasteiger partial charge in [0.25, 0.3) is 0 Å². The molecule has 4 aromatic rings. The predicted octanol–water partition coefficient (Wildman–Crippen LogP) is 5.34. The van der Waals surface area contributed by atoms with E-state index >= 15 is 0 Å². The molecule has 0 fully saturated rings. The van der Waals surface area contributed by atoms with Crippen LogP contribution in [0.5, 0.6) is 0 Å². The molecule has 0 saturated carbocycles. The zero-order valence-electron chi connectivity index (χ0n) is 24.6. The second kappa shape index (κ2) is 13.5. The van der Waals surface area contributed by atoms with Crippen molar-refractivity contribution in [3.63, 3.8) is 0 Å². The lowest BCUT2D eigenvalue weighted by atomic mass is 10.1. The van der Waals surface area contributed by atoms with E-state index in [1.54, 1.807) is 44.6 Å². The van der Waals surface area contributed by atoms with E-state index in [0.29, 0.717) is 52.9 Å². The molecule has 13 heteroatoms. The summed E-state index contributed by atoms with van der Waals surface area (Å²) in [7, 11) is 7.40. The van der Waals surface area contributed by atoms with Crippen molar-refractivity contribution in [1.29, 1.82) is 0 Å². The summed E-state index contributed by atoms with van der Waals surface area (Å²) in [4.78, 5) is 34.1. The van der Waals surface area contributed by atoms with E-state index in [1.165, 1.54) is 18.7 Å². The van der Waals surface area contributed by atoms with Crippen molar-refractivity contribution in [1.82, 2.24) is 24.8 Å². The molecule has 0 bridgehead atoms. The largest absolute Gasteiger partial charge is 0.416 e. The molecule has 226 valence electrons. The predicted molar refractivity (Wildman–Crippen MR) is 163 cm³/mol. The number of alkyl halides is 3. The molecule has 43 heavy (non-hydrogen) atoms. The maximum Gasteiger partial charge on any atom is 0.416 e. The van der Waals surface area contributed by atoms with Gasteiger partial charge in [0, 0.05) is 50.7 Å². The number of nitrogens with one attached hydrogen (secondary N) is 3. The number of aryl methyl sites for hydroxylation is 1. The van der Waals surface area contributed by atoms with E-state index in [4.69, 9.17) is 0 Å². The van der Waals surface area contributed by atoms with E-state index in [-0.39, 0.29) is 18.0 Å². The number of likely N-dealkylation sites (N-methyl/N-ethyl adjacent to an activating group) is 2. The minimum atomic E-state index is -4.51. The Kier molecular flexibility index (Phi) is 9.76. The average Bonchev–Trinajstić information content (AvgIpc) is 2.99. The molecule has 0 amide bonds. The summed E-state index contributed by atoms with van der Waals surface area (Å²) in [6, 6.07) is 10.5. The summed E-state index contributed by atoms with van der Waals surface area (Å²) in [5.74, 6) is 0.819. The number of aromatic nitrogens is 4. The lowest BCUT2D eigenvalue weighted by Gasteiger charge is -2.25. The van der Waals surface area contributed by atoms with Gasteiger partial charge in [0.1, 0.15) is 24.3 Å². The van der Waals surface area contributed by atoms with Crippen molar-refractivity contribution in [3.05, 3.63) is 78.0 Å². The molecule has 10 nitrogen and oxygen atoms in total. The Labute approximate surface area is 248 Å². The molecule has 0 unspecified atom stereocenters. The lowest BCUT2D eigenvalue weighted by molar-refractivity contribution is -0.137. The summed E-state index contributed by atoms with van der Waals surface area (Å²) in [5, 5.41) is 9.20. The number of halogens is 3. The Hall–Kier alpha value is -4.78. The van der Waals surface area contributed by atoms with Gasteiger partial charge < -0.3 is 25.8 Å². The number of rotatable bonds is 12. The third-order valence-electron chi connectivity index (χ3n) is 6.78. The van der Waals surface area contributed by atoms with Crippen molar-refractivity contribution < 1.29 is 18.0 Å². The van der Waals surface area contributed by atoms with E-state index in [2.05, 4.69) is 35.9 Å². The molecule has 4 rings (SSSR count). The number of hydrogen-bond acceptors (Lipinski definition) is 10. The lowest BCUT2D eigenvalue weighted by Crippen LogP contribution is -2.29. The standard InChI is InChI=1S/C30H34F3N9O/c1-19-6-7-20(12-23(19)40-29-22(15-35-17-39-29)24-14-28(34-2)38-18-37-24)27(43)16-36-25-13-21(30(31,32)33)8-9-26(25)42(5)11-10-41(3)4/h6-9,12-15,17-18,36H,10-11,16H2,1-5H3,(H,34,37,38)(H,35,39,40). The van der Waals surface area contributed by atoms with Crippen molar-refractivity contribution in [3.8, 4) is 11.3 Å². The molecule has 3 N–H and O–H groups in total. The Bertz CT molecular complexity index is 1580. The van der Waals surface area contributed by atoms with Crippen LogP contribution < -0.4 is 20.9 Å². The van der Waals surface area contributed by atoms with Gasteiger partial charge in [-0.05, 0) is 50.8 Å². The fraction of sp³-hybridized carbons (Fsp3) is 0.300. The summed E-state index contributed by atoms with van der Waals surface area (Å²) >= 11 is 0. The summed E-state index contributed by atoms with van der Waals surface area (Å²) in [6.45, 7) is 2.98. The molecule has 0 aliphatic heterocycles. The van der Waals surface area contributed by atoms with Crippen LogP contribution >= 0.6 is 0 Å². The first kappa shape index (κ1) is 31.2. The fourth-order valence-corrected chi connectivity index (χ4v) is 4.25. The number of hydrogen-bond donors (Lipinski definition) is 3. The third kappa shape index (κ3) is 7.95. The third-order valence-corrected chi connectivity index (χ3v) is 6.78. The van der Waals surface area contributed by atoms with Gasteiger partial charge in [-0.15, -0.1) is 0 Å². The van der Waals surface area contributed by atoms with Crippen molar-refractivity contribution >= 4 is 34.5 Å². The van der Waals surface area contributed by atoms with Gasteiger partial charge in [-0.3, -0.25) is 4.79 Å². The van der Waals surface area contributed by atoms with Gasteiger partial charge in [0.15, 0.2) is 5.78 Å². The average molecular weight is 594 g/mol. The second-order valence-electron chi connectivity index (χ2n) is 10.2. The molecular weight excluding hydrogens is 559 g/mol. The Balaban J connectivity index is 1.56. The molecule has 2 aromatic heterocycles. The maximum atomic E-state index is 13.5. The van der Waals surface area contributed by atoms with Gasteiger partial charge in [-0.2, -0.15) is 13.2 Å². The fourth-order valence-electron chi connectivity index (χ4n) is 4.25. The second-order valence-corrected chi connectivity index (χ2v) is 10.2. The van der Waals surface area contributed by atoms with Gasteiger partial charge in [0.05, 0.1) is 34.7 Å². The number of Topliss-reactive ketones (excluding diaryl/α,β-unsaturated/α-hetero) is 1. The summed E-state index contributed by atoms with van der Waals surface area (Å²) < 4.78 is 40.5. The van der Waals surface area contributed by atoms with Crippen molar-refractivity contribution in [2.75, 3.05) is 68.7 Å². The Morgan fingerprint density at radius 2 is 1.72 bits per heavy atom. The topological polar surface area (TPSA) is 111 Å². The molecule has 2 heterocycles. The van der Waals surface area contributed by atoms with Crippen LogP contribution in [0.1, 0.15) is 21.5 Å². The van der Waals surface area contributed by atoms with E-state index in [9.17, 15) is 18.0 Å². The molecule has 2 aromatic carbocycles. The first-order valence-corrected chi connectivity index (χ1v) is 13.5. The van der Waals surface area contributed by atoms with Gasteiger partial charge in [-0.25, -0.2) is 19.9 Å². The SMILES string of the molecule is CNc1cc(-c2cncnc2Nc2cc(C(=O)CNc3cc(C(F)(F)F)ccc3N(C)CCN(C)C)ccc2C)ncn1. The quantitative estimate of drug-likeness (QED) is 0.186. The van der Waals surface area contributed by atoms with Crippen LogP contribution in [0.4, 0.5) is 41.9 Å². The molecule has 0 saturated heterocycles. The highest BCUT2D eigenvalue weighted by molar-refractivity contribution is 6.00. The number of benzene rings is 2. The normalized spacial score (nSPS) is 11.4. The van der Waals surface area contributed by atoms with Crippen LogP contribution in [0.3, 0.4) is 0 Å². The van der Waals surface area contributed by atoms with Gasteiger partial charge >= 0.3 is 6.18 Å². The zero-order chi connectivity index (χ0) is 31.1. The summed E-state index contributed by atoms with van der Waals surface area (Å²) in [6.07, 6.45) is -0.0414. The van der Waals surface area contributed by atoms with Crippen molar-refractivity contribution in [2.45, 2.75) is 13.1 Å². The summed E-state index contributed by atoms with van der Waals surface area (Å²) in [5.41, 5.74) is 3.11. The molecule has 0 radical (unpaired) electrons. The van der Waals surface area contributed by atoms with E-state index in [1.807, 2.05) is 30.8 Å². The number of anilines is 5. The number of carbonyl (C=O) groups excluding carboxylic acids is 1.